The van der Waals surface area contributed by atoms with Gasteiger partial charge in [-0.3, -0.25) is 19.8 Å². The van der Waals surface area contributed by atoms with Gasteiger partial charge in [-0.25, -0.2) is 28.1 Å². The molecular formula is C74H80Cl5F2N16NaO2. The number of rotatable bonds is 16. The van der Waals surface area contributed by atoms with Crippen LogP contribution in [0.3, 0.4) is 0 Å². The summed E-state index contributed by atoms with van der Waals surface area (Å²) in [7, 11) is 0. The Morgan fingerprint density at radius 2 is 0.980 bits per heavy atom. The van der Waals surface area contributed by atoms with E-state index in [2.05, 4.69) is 116 Å². The number of aliphatic hydroxyl groups excluding tert-OH is 1. The first-order valence-corrected chi connectivity index (χ1v) is 34.7. The van der Waals surface area contributed by atoms with Gasteiger partial charge < -0.3 is 21.9 Å². The number of aliphatic hydroxyl groups is 1. The molecule has 0 saturated carbocycles. The minimum Gasteiger partial charge on any atom is -1.00 e. The Labute approximate surface area is 631 Å². The minimum absolute atomic E-state index is 0. The van der Waals surface area contributed by atoms with Crippen LogP contribution >= 0.6 is 58.0 Å². The van der Waals surface area contributed by atoms with Gasteiger partial charge in [0.15, 0.2) is 0 Å². The maximum Gasteiger partial charge on any atom is 1.00 e. The van der Waals surface area contributed by atoms with Crippen LogP contribution in [0.15, 0.2) is 122 Å². The van der Waals surface area contributed by atoms with Crippen LogP contribution in [-0.4, -0.2) is 114 Å². The van der Waals surface area contributed by atoms with Crippen molar-refractivity contribution in [2.45, 2.75) is 155 Å². The molecule has 0 radical (unpaired) electrons. The third kappa shape index (κ3) is 19.3. The van der Waals surface area contributed by atoms with Crippen molar-refractivity contribution in [3.05, 3.63) is 204 Å². The van der Waals surface area contributed by atoms with Gasteiger partial charge in [0.1, 0.15) is 28.9 Å². The van der Waals surface area contributed by atoms with Crippen molar-refractivity contribution in [2.24, 2.45) is 0 Å². The topological polar surface area (TPSA) is 221 Å². The monoisotopic (exact) mass is 1460 g/mol. The number of pyridine rings is 4. The Morgan fingerprint density at radius 1 is 0.570 bits per heavy atom. The maximum absolute atomic E-state index is 13.9. The number of nitrogens with zero attached hydrogens (tertiary/aromatic N) is 14. The number of benzene rings is 4. The number of nitriles is 2. The van der Waals surface area contributed by atoms with E-state index in [1.165, 1.54) is 36.7 Å². The van der Waals surface area contributed by atoms with E-state index in [9.17, 15) is 19.3 Å². The largest absolute Gasteiger partial charge is 1.00 e. The van der Waals surface area contributed by atoms with Gasteiger partial charge >= 0.3 is 29.6 Å². The van der Waals surface area contributed by atoms with Gasteiger partial charge in [0.05, 0.1) is 83.2 Å². The number of anilines is 4. The molecular weight excluding hydrogens is 1380 g/mol. The second-order valence-corrected chi connectivity index (χ2v) is 29.4. The van der Waals surface area contributed by atoms with Gasteiger partial charge in [0.2, 0.25) is 5.88 Å². The minimum atomic E-state index is -0.535. The summed E-state index contributed by atoms with van der Waals surface area (Å²) in [6.45, 7) is 24.9. The Balaban J connectivity index is 0.000000240. The third-order valence-electron chi connectivity index (χ3n) is 17.5. The molecule has 2 aliphatic heterocycles. The van der Waals surface area contributed by atoms with Crippen LogP contribution in [0.1, 0.15) is 165 Å². The molecule has 0 spiro atoms. The Bertz CT molecular complexity index is 4560. The quantitative estimate of drug-likeness (QED) is 0.0605. The van der Waals surface area contributed by atoms with Gasteiger partial charge in [-0.15, -0.1) is 10.2 Å². The molecule has 0 unspecified atom stereocenters. The normalized spacial score (nSPS) is 14.7. The number of nitrogens with one attached hydrogen (secondary N) is 2. The molecule has 518 valence electrons. The molecule has 10 aromatic rings. The van der Waals surface area contributed by atoms with E-state index in [0.29, 0.717) is 89.6 Å². The fraction of sp³-hybridized carbons (Fsp3) is 0.378. The SMILES string of the molecule is CC(C)(C)N1CCC(n2cc([C@@H](Cc3cc(Cl)c4ncc(C#N)c(Nc5ccc(F)c(Cl)c5)c4c3)c3ccc(Cl)nc3)nn2)CC1.CC(C)O.CC(C)Oc1ccc([C@H](Cc2cc(Cl)c3ncc(C#N)c(Nc4ccc(F)c(Cl)c4)c3c2)c2cn(C3CCN(C(C)(C)C)CC3)nn2)cn1.[H-].[Na+]. The molecule has 4 aromatic carbocycles. The Kier molecular flexibility index (Phi) is 26.0. The molecule has 100 heavy (non-hydrogen) atoms. The van der Waals surface area contributed by atoms with Crippen LogP contribution in [-0.2, 0) is 12.8 Å². The summed E-state index contributed by atoms with van der Waals surface area (Å²) in [6, 6.07) is 28.9. The molecule has 2 saturated heterocycles. The van der Waals surface area contributed by atoms with Crippen molar-refractivity contribution < 1.29 is 49.6 Å². The molecule has 2 fully saturated rings. The van der Waals surface area contributed by atoms with Gasteiger partial charge in [-0.05, 0) is 197 Å². The van der Waals surface area contributed by atoms with Crippen molar-refractivity contribution in [3.8, 4) is 18.0 Å². The van der Waals surface area contributed by atoms with E-state index >= 15 is 0 Å². The first-order chi connectivity index (χ1) is 47.1. The van der Waals surface area contributed by atoms with Gasteiger partial charge in [0, 0.05) is 121 Å². The molecule has 26 heteroatoms. The van der Waals surface area contributed by atoms with Crippen LogP contribution in [0.2, 0.25) is 25.2 Å². The van der Waals surface area contributed by atoms with Crippen LogP contribution < -0.4 is 44.9 Å². The van der Waals surface area contributed by atoms with E-state index in [1.807, 2.05) is 78.1 Å². The summed E-state index contributed by atoms with van der Waals surface area (Å²) < 4.78 is 37.6. The van der Waals surface area contributed by atoms with Crippen LogP contribution in [0.25, 0.3) is 21.8 Å². The molecule has 6 aromatic heterocycles. The van der Waals surface area contributed by atoms with Gasteiger partial charge in [-0.2, -0.15) is 10.5 Å². The zero-order valence-corrected chi connectivity index (χ0v) is 63.6. The number of piperidine rings is 2. The summed E-state index contributed by atoms with van der Waals surface area (Å²) in [5.41, 5.74) is 9.27. The molecule has 0 amide bonds. The fourth-order valence-corrected chi connectivity index (χ4v) is 13.4. The molecule has 2 atom stereocenters. The molecule has 3 N–H and O–H groups in total. The first kappa shape index (κ1) is 77.0. The Hall–Kier alpha value is -7.15. The summed E-state index contributed by atoms with van der Waals surface area (Å²) in [5.74, 6) is -0.938. The number of halogens is 7. The van der Waals surface area contributed by atoms with Gasteiger partial charge in [-0.1, -0.05) is 80.6 Å². The standard InChI is InChI=1S/C37H39Cl2FN8O.C34H32Cl3FN8.C3H8O.Na.H/c1-22(2)49-34-9-6-24(19-42-34)28(33-21-48(46-45-33)27-10-12-47(13-11-27)37(3,4)5)14-23-15-29-35(44-26-7-8-32(40)30(38)17-26)25(18-41)20-43-36(29)31(39)16-23;1-34(2,3)45-10-8-24(9-11-45)46-19-30(43-44-46)25(21-4-7-31(37)40-17-21)12-20-13-26-32(42-23-5-6-29(38)27(35)15-23)22(16-39)18-41-33(26)28(36)14-20;1-3(2)4;;/h6-9,15-17,19-22,27-28H,10-14H2,1-5H3,(H,43,44);4-7,13-15,17-19,24-25H,8-12H2,1-3H3,(H,41,42);3-4H,1-2H3;;/q;;;+1;-1/t28-;25-;;;/m00.../s1. The summed E-state index contributed by atoms with van der Waals surface area (Å²) >= 11 is 31.9. The molecule has 18 nitrogen and oxygen atoms in total. The van der Waals surface area contributed by atoms with E-state index in [0.717, 1.165) is 85.5 Å². The zero-order valence-electron chi connectivity index (χ0n) is 58.8. The average Bonchev–Trinajstić information content (AvgIpc) is 1.16. The second kappa shape index (κ2) is 33.8. The van der Waals surface area contributed by atoms with Crippen molar-refractivity contribution in [3.63, 3.8) is 0 Å². The second-order valence-electron chi connectivity index (χ2n) is 27.4. The fourth-order valence-electron chi connectivity index (χ4n) is 12.4. The van der Waals surface area contributed by atoms with E-state index in [4.69, 9.17) is 72.9 Å². The predicted octanol–water partition coefficient (Wildman–Crippen LogP) is 15.1. The zero-order chi connectivity index (χ0) is 71.0. The number of likely N-dealkylation sites (tertiary alicyclic amines) is 2. The van der Waals surface area contributed by atoms with E-state index in [-0.39, 0.29) is 88.2 Å². The molecule has 0 aliphatic carbocycles. The summed E-state index contributed by atoms with van der Waals surface area (Å²) in [4.78, 5) is 22.9. The predicted molar refractivity (Wildman–Crippen MR) is 390 cm³/mol. The molecule has 8 heterocycles. The number of aromatic nitrogens is 10. The third-order valence-corrected chi connectivity index (χ3v) is 18.9. The number of hydrogen-bond donors (Lipinski definition) is 3. The van der Waals surface area contributed by atoms with E-state index in [1.54, 1.807) is 38.2 Å². The number of fused-ring (bicyclic) bond motifs is 2. The molecule has 2 aliphatic rings. The maximum atomic E-state index is 13.9. The average molecular weight is 1460 g/mol. The van der Waals surface area contributed by atoms with Crippen molar-refractivity contribution in [1.82, 2.24) is 59.7 Å². The number of ether oxygens (including phenoxy) is 1. The van der Waals surface area contributed by atoms with Crippen molar-refractivity contribution in [1.29, 1.82) is 10.5 Å². The smallest absolute Gasteiger partial charge is 1.00 e. The molecule has 12 rings (SSSR count). The summed E-state index contributed by atoms with van der Waals surface area (Å²) in [6.07, 6.45) is 15.5. The van der Waals surface area contributed by atoms with Crippen LogP contribution in [0.5, 0.6) is 5.88 Å². The molecule has 0 bridgehead atoms. The summed E-state index contributed by atoms with van der Waals surface area (Å²) in [5, 5.41) is 55.5. The van der Waals surface area contributed by atoms with Gasteiger partial charge in [0.25, 0.3) is 0 Å². The first-order valence-electron chi connectivity index (χ1n) is 32.8. The van der Waals surface area contributed by atoms with Crippen molar-refractivity contribution in [2.75, 3.05) is 36.8 Å². The van der Waals surface area contributed by atoms with Crippen molar-refractivity contribution >= 4 is 103 Å². The van der Waals surface area contributed by atoms with Crippen LogP contribution in [0.4, 0.5) is 31.5 Å². The van der Waals surface area contributed by atoms with E-state index < -0.39 is 11.6 Å². The Morgan fingerprint density at radius 3 is 1.33 bits per heavy atom. The van der Waals surface area contributed by atoms with Crippen LogP contribution in [0, 0.1) is 34.3 Å². The number of hydrogen-bond acceptors (Lipinski definition) is 16.